The molecule has 108 valence electrons. The molecule has 1 unspecified atom stereocenters. The zero-order valence-corrected chi connectivity index (χ0v) is 13.6. The van der Waals surface area contributed by atoms with Gasteiger partial charge in [-0.15, -0.1) is 12.4 Å². The molecule has 0 aromatic carbocycles. The van der Waals surface area contributed by atoms with Gasteiger partial charge in [-0.3, -0.25) is 4.79 Å². The van der Waals surface area contributed by atoms with E-state index in [9.17, 15) is 9.90 Å². The second-order valence-corrected chi connectivity index (χ2v) is 5.79. The van der Waals surface area contributed by atoms with Crippen LogP contribution in [0.15, 0.2) is 24.3 Å². The summed E-state index contributed by atoms with van der Waals surface area (Å²) in [7, 11) is 0. The van der Waals surface area contributed by atoms with Gasteiger partial charge < -0.3 is 10.0 Å². The van der Waals surface area contributed by atoms with Crippen LogP contribution >= 0.6 is 36.4 Å². The molecule has 1 rings (SSSR count). The molecule has 0 aromatic rings. The number of aliphatic carboxylic acids is 1. The van der Waals surface area contributed by atoms with E-state index >= 15 is 0 Å². The maximum atomic E-state index is 11.4. The summed E-state index contributed by atoms with van der Waals surface area (Å²) in [6.45, 7) is 5.81. The van der Waals surface area contributed by atoms with E-state index in [4.69, 9.17) is 12.2 Å². The summed E-state index contributed by atoms with van der Waals surface area (Å²) in [5.41, 5.74) is -0.809. The lowest BCUT2D eigenvalue weighted by Crippen LogP contribution is -2.34. The number of halogens is 1. The molecule has 0 radical (unpaired) electrons. The fourth-order valence-electron chi connectivity index (χ4n) is 1.76. The van der Waals surface area contributed by atoms with Crippen molar-refractivity contribution in [2.45, 2.75) is 20.3 Å². The smallest absolute Gasteiger partial charge is 0.314 e. The average molecular weight is 322 g/mol. The summed E-state index contributed by atoms with van der Waals surface area (Å²) in [6.07, 6.45) is 7.89. The molecular weight excluding hydrogens is 302 g/mol. The predicted octanol–water partition coefficient (Wildman–Crippen LogP) is 3.36. The molecule has 3 nitrogen and oxygen atoms in total. The highest BCUT2D eigenvalue weighted by Gasteiger charge is 2.36. The van der Waals surface area contributed by atoms with E-state index < -0.39 is 11.4 Å². The fraction of sp³-hybridized carbons (Fsp3) is 0.538. The lowest BCUT2D eigenvalue weighted by molar-refractivity contribution is -0.144. The third kappa shape index (κ3) is 4.82. The number of thioether (sulfide) groups is 1. The van der Waals surface area contributed by atoms with Crippen LogP contribution in [-0.2, 0) is 4.79 Å². The van der Waals surface area contributed by atoms with Crippen LogP contribution in [0.5, 0.6) is 0 Å². The van der Waals surface area contributed by atoms with Crippen LogP contribution < -0.4 is 0 Å². The van der Waals surface area contributed by atoms with Gasteiger partial charge in [-0.05, 0) is 20.3 Å². The van der Waals surface area contributed by atoms with Crippen molar-refractivity contribution in [2.24, 2.45) is 5.41 Å². The summed E-state index contributed by atoms with van der Waals surface area (Å²) in [6, 6.07) is 0. The van der Waals surface area contributed by atoms with E-state index in [0.717, 1.165) is 17.4 Å². The molecule has 0 heterocycles. The van der Waals surface area contributed by atoms with Crippen LogP contribution in [0.25, 0.3) is 0 Å². The van der Waals surface area contributed by atoms with Crippen molar-refractivity contribution in [1.82, 2.24) is 4.90 Å². The van der Waals surface area contributed by atoms with Gasteiger partial charge in [0.15, 0.2) is 0 Å². The topological polar surface area (TPSA) is 40.5 Å². The Morgan fingerprint density at radius 3 is 2.47 bits per heavy atom. The Hall–Kier alpha value is -0.520. The normalized spacial score (nSPS) is 20.7. The highest BCUT2D eigenvalue weighted by Crippen LogP contribution is 2.33. The average Bonchev–Trinajstić information content (AvgIpc) is 2.38. The molecule has 1 N–H and O–H groups in total. The summed E-state index contributed by atoms with van der Waals surface area (Å²) < 4.78 is 0.781. The minimum absolute atomic E-state index is 0. The lowest BCUT2D eigenvalue weighted by atomic mass is 9.84. The SMILES string of the molecule is CCN(CC)C(=S)SCC1(C(=O)O)C=CC=CC1.Cl. The molecule has 0 amide bonds. The van der Waals surface area contributed by atoms with E-state index in [-0.39, 0.29) is 12.4 Å². The molecule has 19 heavy (non-hydrogen) atoms. The number of hydrogen-bond donors (Lipinski definition) is 1. The number of thiocarbonyl (C=S) groups is 1. The molecule has 1 aliphatic carbocycles. The van der Waals surface area contributed by atoms with Crippen LogP contribution in [0, 0.1) is 5.41 Å². The van der Waals surface area contributed by atoms with Crippen molar-refractivity contribution < 1.29 is 9.90 Å². The van der Waals surface area contributed by atoms with Crippen LogP contribution in [0.4, 0.5) is 0 Å². The van der Waals surface area contributed by atoms with Crippen molar-refractivity contribution in [3.63, 3.8) is 0 Å². The second kappa shape index (κ2) is 8.61. The molecule has 0 bridgehead atoms. The summed E-state index contributed by atoms with van der Waals surface area (Å²) in [4.78, 5) is 13.5. The van der Waals surface area contributed by atoms with E-state index in [2.05, 4.69) is 4.90 Å². The number of carbonyl (C=O) groups is 1. The van der Waals surface area contributed by atoms with Crippen LogP contribution in [0.3, 0.4) is 0 Å². The van der Waals surface area contributed by atoms with E-state index in [1.54, 1.807) is 12.2 Å². The van der Waals surface area contributed by atoms with Crippen LogP contribution in [-0.4, -0.2) is 39.1 Å². The number of nitrogens with zero attached hydrogens (tertiary/aromatic N) is 1. The Kier molecular flexibility index (Phi) is 8.38. The highest BCUT2D eigenvalue weighted by atomic mass is 35.5. The van der Waals surface area contributed by atoms with Gasteiger partial charge in [0.2, 0.25) is 0 Å². The van der Waals surface area contributed by atoms with E-state index in [0.29, 0.717) is 12.2 Å². The van der Waals surface area contributed by atoms with Gasteiger partial charge in [0.1, 0.15) is 4.32 Å². The minimum Gasteiger partial charge on any atom is -0.481 e. The number of hydrogen-bond acceptors (Lipinski definition) is 3. The van der Waals surface area contributed by atoms with Crippen molar-refractivity contribution in [3.8, 4) is 0 Å². The molecule has 0 fully saturated rings. The molecule has 6 heteroatoms. The lowest BCUT2D eigenvalue weighted by Gasteiger charge is -2.28. The van der Waals surface area contributed by atoms with E-state index in [1.165, 1.54) is 11.8 Å². The Morgan fingerprint density at radius 1 is 1.42 bits per heavy atom. The summed E-state index contributed by atoms with van der Waals surface area (Å²) in [5.74, 6) is -0.295. The van der Waals surface area contributed by atoms with Gasteiger partial charge in [0.05, 0.1) is 5.41 Å². The number of carboxylic acid groups (broad SMARTS) is 1. The number of rotatable bonds is 5. The Balaban J connectivity index is 0.00000324. The number of carboxylic acids is 1. The second-order valence-electron chi connectivity index (χ2n) is 4.18. The third-order valence-corrected chi connectivity index (χ3v) is 4.82. The molecule has 1 atom stereocenters. The van der Waals surface area contributed by atoms with Crippen molar-refractivity contribution in [3.05, 3.63) is 24.3 Å². The Labute approximate surface area is 130 Å². The van der Waals surface area contributed by atoms with Gasteiger partial charge in [-0.2, -0.15) is 0 Å². The van der Waals surface area contributed by atoms with Gasteiger partial charge in [-0.25, -0.2) is 0 Å². The monoisotopic (exact) mass is 321 g/mol. The summed E-state index contributed by atoms with van der Waals surface area (Å²) >= 11 is 6.79. The van der Waals surface area contributed by atoms with Gasteiger partial charge >= 0.3 is 5.97 Å². The summed E-state index contributed by atoms with van der Waals surface area (Å²) in [5, 5.41) is 9.40. The molecule has 1 aliphatic rings. The van der Waals surface area contributed by atoms with Gasteiger partial charge in [0.25, 0.3) is 0 Å². The molecular formula is C13H20ClNO2S2. The van der Waals surface area contributed by atoms with Crippen molar-refractivity contribution in [2.75, 3.05) is 18.8 Å². The fourth-order valence-corrected chi connectivity index (χ4v) is 3.35. The van der Waals surface area contributed by atoms with Gasteiger partial charge in [0, 0.05) is 18.8 Å². The molecule has 0 aromatic heterocycles. The first kappa shape index (κ1) is 18.5. The third-order valence-electron chi connectivity index (χ3n) is 3.05. The van der Waals surface area contributed by atoms with E-state index in [1.807, 2.05) is 26.0 Å². The quantitative estimate of drug-likeness (QED) is 0.786. The zero-order chi connectivity index (χ0) is 13.6. The largest absolute Gasteiger partial charge is 0.481 e. The minimum atomic E-state index is -0.809. The number of allylic oxidation sites excluding steroid dienone is 3. The van der Waals surface area contributed by atoms with Crippen molar-refractivity contribution in [1.29, 1.82) is 0 Å². The molecule has 0 saturated heterocycles. The maximum Gasteiger partial charge on any atom is 0.314 e. The zero-order valence-electron chi connectivity index (χ0n) is 11.2. The molecule has 0 saturated carbocycles. The Bertz CT molecular complexity index is 381. The highest BCUT2D eigenvalue weighted by molar-refractivity contribution is 8.22. The standard InChI is InChI=1S/C13H19NO2S2.ClH/c1-3-14(4-2)12(17)18-10-13(11(15)16)8-6-5-7-9-13;/h5-8H,3-4,9-10H2,1-2H3,(H,15,16);1H. The first-order valence-corrected chi connectivity index (χ1v) is 7.44. The maximum absolute atomic E-state index is 11.4. The first-order valence-electron chi connectivity index (χ1n) is 6.05. The Morgan fingerprint density at radius 2 is 2.05 bits per heavy atom. The van der Waals surface area contributed by atoms with Crippen LogP contribution in [0.2, 0.25) is 0 Å². The molecule has 0 spiro atoms. The first-order chi connectivity index (χ1) is 8.55. The predicted molar refractivity (Wildman–Crippen MR) is 88.2 cm³/mol. The molecule has 0 aliphatic heterocycles. The van der Waals surface area contributed by atoms with Crippen LogP contribution in [0.1, 0.15) is 20.3 Å². The van der Waals surface area contributed by atoms with Crippen molar-refractivity contribution >= 4 is 46.7 Å². The van der Waals surface area contributed by atoms with Gasteiger partial charge in [-0.1, -0.05) is 48.3 Å².